The molecule has 1 aliphatic rings. The van der Waals surface area contributed by atoms with Crippen molar-refractivity contribution in [3.8, 4) is 0 Å². The molecular formula is C19H28N2O5S. The molecule has 7 nitrogen and oxygen atoms in total. The summed E-state index contributed by atoms with van der Waals surface area (Å²) in [6.07, 6.45) is 3.80. The number of benzene rings is 1. The highest BCUT2D eigenvalue weighted by Crippen LogP contribution is 2.26. The average molecular weight is 397 g/mol. The van der Waals surface area contributed by atoms with E-state index in [4.69, 9.17) is 4.74 Å². The van der Waals surface area contributed by atoms with Crippen molar-refractivity contribution >= 4 is 27.6 Å². The molecule has 1 unspecified atom stereocenters. The molecule has 2 rings (SSSR count). The van der Waals surface area contributed by atoms with Crippen molar-refractivity contribution in [1.29, 1.82) is 0 Å². The van der Waals surface area contributed by atoms with E-state index in [-0.39, 0.29) is 16.8 Å². The third kappa shape index (κ3) is 5.29. The fourth-order valence-corrected chi connectivity index (χ4v) is 3.93. The minimum absolute atomic E-state index is 0.0836. The van der Waals surface area contributed by atoms with E-state index in [0.29, 0.717) is 11.3 Å². The predicted molar refractivity (Wildman–Crippen MR) is 103 cm³/mol. The summed E-state index contributed by atoms with van der Waals surface area (Å²) in [6.45, 7) is 3.28. The van der Waals surface area contributed by atoms with E-state index < -0.39 is 22.0 Å². The summed E-state index contributed by atoms with van der Waals surface area (Å²) in [6, 6.07) is 4.54. The molecule has 1 aromatic carbocycles. The SMILES string of the molecule is Cc1ccc(S(=O)(=O)N(C)C)cc1NC(=O)C(C)OC(=O)C1CCCCC1. The van der Waals surface area contributed by atoms with Crippen molar-refractivity contribution in [2.24, 2.45) is 5.92 Å². The smallest absolute Gasteiger partial charge is 0.309 e. The quantitative estimate of drug-likeness (QED) is 0.746. The van der Waals surface area contributed by atoms with E-state index in [9.17, 15) is 18.0 Å². The molecule has 1 aromatic rings. The number of carbonyl (C=O) groups is 2. The number of anilines is 1. The van der Waals surface area contributed by atoms with Gasteiger partial charge in [0.2, 0.25) is 10.0 Å². The molecule has 0 aromatic heterocycles. The Morgan fingerprint density at radius 2 is 1.81 bits per heavy atom. The first-order valence-corrected chi connectivity index (χ1v) is 10.6. The zero-order valence-corrected chi connectivity index (χ0v) is 17.1. The van der Waals surface area contributed by atoms with Crippen LogP contribution in [0.25, 0.3) is 0 Å². The summed E-state index contributed by atoms with van der Waals surface area (Å²) in [7, 11) is -0.720. The highest BCUT2D eigenvalue weighted by molar-refractivity contribution is 7.89. The van der Waals surface area contributed by atoms with Gasteiger partial charge >= 0.3 is 5.97 Å². The van der Waals surface area contributed by atoms with Crippen LogP contribution in [0.15, 0.2) is 23.1 Å². The third-order valence-electron chi connectivity index (χ3n) is 4.85. The minimum atomic E-state index is -3.61. The molecule has 0 radical (unpaired) electrons. The van der Waals surface area contributed by atoms with Gasteiger partial charge in [0.15, 0.2) is 6.10 Å². The van der Waals surface area contributed by atoms with Crippen molar-refractivity contribution < 1.29 is 22.7 Å². The lowest BCUT2D eigenvalue weighted by Crippen LogP contribution is -2.33. The number of sulfonamides is 1. The van der Waals surface area contributed by atoms with Gasteiger partial charge in [0, 0.05) is 19.8 Å². The van der Waals surface area contributed by atoms with Crippen LogP contribution in [0.2, 0.25) is 0 Å². The van der Waals surface area contributed by atoms with Crippen LogP contribution in [-0.2, 0) is 24.3 Å². The van der Waals surface area contributed by atoms with Gasteiger partial charge in [0.05, 0.1) is 10.8 Å². The molecule has 27 heavy (non-hydrogen) atoms. The number of aryl methyl sites for hydroxylation is 1. The molecular weight excluding hydrogens is 368 g/mol. The monoisotopic (exact) mass is 396 g/mol. The lowest BCUT2D eigenvalue weighted by Gasteiger charge is -2.22. The molecule has 0 aliphatic heterocycles. The van der Waals surface area contributed by atoms with E-state index in [0.717, 1.165) is 36.4 Å². The van der Waals surface area contributed by atoms with Gasteiger partial charge in [-0.05, 0) is 44.4 Å². The van der Waals surface area contributed by atoms with Crippen molar-refractivity contribution in [1.82, 2.24) is 4.31 Å². The maximum Gasteiger partial charge on any atom is 0.309 e. The Kier molecular flexibility index (Phi) is 7.00. The van der Waals surface area contributed by atoms with Crippen molar-refractivity contribution in [3.63, 3.8) is 0 Å². The fourth-order valence-electron chi connectivity index (χ4n) is 3.00. The van der Waals surface area contributed by atoms with Gasteiger partial charge in [-0.15, -0.1) is 0 Å². The van der Waals surface area contributed by atoms with E-state index in [1.54, 1.807) is 13.0 Å². The Bertz CT molecular complexity index is 798. The third-order valence-corrected chi connectivity index (χ3v) is 6.66. The zero-order chi connectivity index (χ0) is 20.2. The summed E-state index contributed by atoms with van der Waals surface area (Å²) < 4.78 is 31.0. The van der Waals surface area contributed by atoms with Gasteiger partial charge < -0.3 is 10.1 Å². The Balaban J connectivity index is 2.07. The number of esters is 1. The topological polar surface area (TPSA) is 92.8 Å². The molecule has 0 spiro atoms. The minimum Gasteiger partial charge on any atom is -0.452 e. The number of hydrogen-bond donors (Lipinski definition) is 1. The van der Waals surface area contributed by atoms with Crippen LogP contribution >= 0.6 is 0 Å². The van der Waals surface area contributed by atoms with E-state index in [2.05, 4.69) is 5.32 Å². The second kappa shape index (κ2) is 8.84. The van der Waals surface area contributed by atoms with Gasteiger partial charge in [-0.1, -0.05) is 25.3 Å². The number of amides is 1. The Hall–Kier alpha value is -1.93. The average Bonchev–Trinajstić information content (AvgIpc) is 2.63. The Morgan fingerprint density at radius 1 is 1.19 bits per heavy atom. The van der Waals surface area contributed by atoms with E-state index >= 15 is 0 Å². The zero-order valence-electron chi connectivity index (χ0n) is 16.3. The van der Waals surface area contributed by atoms with Crippen LogP contribution in [0.5, 0.6) is 0 Å². The van der Waals surface area contributed by atoms with E-state index in [1.165, 1.54) is 33.2 Å². The first-order valence-electron chi connectivity index (χ1n) is 9.17. The molecule has 1 saturated carbocycles. The van der Waals surface area contributed by atoms with Crippen molar-refractivity contribution in [3.05, 3.63) is 23.8 Å². The first-order chi connectivity index (χ1) is 12.6. The molecule has 1 aliphatic carbocycles. The number of hydrogen-bond acceptors (Lipinski definition) is 5. The first kappa shape index (κ1) is 21.4. The van der Waals surface area contributed by atoms with E-state index in [1.807, 2.05) is 0 Å². The van der Waals surface area contributed by atoms with Crippen LogP contribution < -0.4 is 5.32 Å². The summed E-state index contributed by atoms with van der Waals surface area (Å²) in [4.78, 5) is 24.7. The largest absolute Gasteiger partial charge is 0.452 e. The fraction of sp³-hybridized carbons (Fsp3) is 0.579. The molecule has 1 atom stereocenters. The summed E-state index contributed by atoms with van der Waals surface area (Å²) >= 11 is 0. The number of rotatable bonds is 6. The molecule has 1 fully saturated rings. The normalized spacial score (nSPS) is 16.8. The number of carbonyl (C=O) groups excluding carboxylic acids is 2. The second-order valence-electron chi connectivity index (χ2n) is 7.17. The molecule has 150 valence electrons. The van der Waals surface area contributed by atoms with Crippen LogP contribution in [0.1, 0.15) is 44.6 Å². The summed E-state index contributed by atoms with van der Waals surface area (Å²) in [5, 5.41) is 2.67. The standard InChI is InChI=1S/C19H28N2O5S/c1-13-10-11-16(27(24,25)21(3)4)12-17(13)20-18(22)14(2)26-19(23)15-8-6-5-7-9-15/h10-12,14-15H,5-9H2,1-4H3,(H,20,22). The maximum absolute atomic E-state index is 12.4. The van der Waals surface area contributed by atoms with Crippen molar-refractivity contribution in [2.75, 3.05) is 19.4 Å². The molecule has 8 heteroatoms. The molecule has 1 N–H and O–H groups in total. The highest BCUT2D eigenvalue weighted by atomic mass is 32.2. The van der Waals surface area contributed by atoms with Crippen molar-refractivity contribution in [2.45, 2.75) is 57.0 Å². The number of nitrogens with zero attached hydrogens (tertiary/aromatic N) is 1. The molecule has 0 bridgehead atoms. The predicted octanol–water partition coefficient (Wildman–Crippen LogP) is 2.70. The summed E-state index contributed by atoms with van der Waals surface area (Å²) in [5.74, 6) is -0.955. The van der Waals surface area contributed by atoms with Crippen LogP contribution in [0, 0.1) is 12.8 Å². The van der Waals surface area contributed by atoms with Gasteiger partial charge in [-0.25, -0.2) is 12.7 Å². The maximum atomic E-state index is 12.4. The molecule has 0 saturated heterocycles. The van der Waals surface area contributed by atoms with Gasteiger partial charge in [0.25, 0.3) is 5.91 Å². The number of ether oxygens (including phenoxy) is 1. The van der Waals surface area contributed by atoms with Gasteiger partial charge in [-0.2, -0.15) is 0 Å². The molecule has 1 amide bonds. The second-order valence-corrected chi connectivity index (χ2v) is 9.32. The van der Waals surface area contributed by atoms with Crippen LogP contribution in [-0.4, -0.2) is 44.8 Å². The van der Waals surface area contributed by atoms with Crippen LogP contribution in [0.3, 0.4) is 0 Å². The van der Waals surface area contributed by atoms with Gasteiger partial charge in [0.1, 0.15) is 0 Å². The van der Waals surface area contributed by atoms with Gasteiger partial charge in [-0.3, -0.25) is 9.59 Å². The number of nitrogens with one attached hydrogen (secondary N) is 1. The Labute approximate surface area is 161 Å². The Morgan fingerprint density at radius 3 is 2.41 bits per heavy atom. The van der Waals surface area contributed by atoms with Crippen LogP contribution in [0.4, 0.5) is 5.69 Å². The lowest BCUT2D eigenvalue weighted by atomic mass is 9.89. The highest BCUT2D eigenvalue weighted by Gasteiger charge is 2.27. The lowest BCUT2D eigenvalue weighted by molar-refractivity contribution is -0.158. The summed E-state index contributed by atoms with van der Waals surface area (Å²) in [5.41, 5.74) is 1.09. The molecule has 0 heterocycles.